The van der Waals surface area contributed by atoms with Crippen molar-refractivity contribution in [1.29, 1.82) is 0 Å². The lowest BCUT2D eigenvalue weighted by Gasteiger charge is -2.13. The summed E-state index contributed by atoms with van der Waals surface area (Å²) in [7, 11) is 0. The number of nitrogens with zero attached hydrogens (tertiary/aromatic N) is 1. The second-order valence-corrected chi connectivity index (χ2v) is 5.99. The summed E-state index contributed by atoms with van der Waals surface area (Å²) in [6.07, 6.45) is 1.47. The maximum absolute atomic E-state index is 14.3. The Morgan fingerprint density at radius 2 is 2.11 bits per heavy atom. The van der Waals surface area contributed by atoms with Crippen LogP contribution < -0.4 is 0 Å². The molecular weight excluding hydrogens is 351 g/mol. The van der Waals surface area contributed by atoms with Gasteiger partial charge in [-0.15, -0.1) is 0 Å². The average molecular weight is 362 g/mol. The van der Waals surface area contributed by atoms with Crippen molar-refractivity contribution in [2.75, 3.05) is 0 Å². The Bertz CT molecular complexity index is 685. The van der Waals surface area contributed by atoms with Gasteiger partial charge in [0.1, 0.15) is 4.64 Å². The molecule has 0 atom stereocenters. The third kappa shape index (κ3) is 2.73. The molecule has 2 nitrogen and oxygen atoms in total. The zero-order valence-electron chi connectivity index (χ0n) is 10.3. The summed E-state index contributed by atoms with van der Waals surface area (Å²) in [6.45, 7) is 3.98. The zero-order chi connectivity index (χ0) is 14.2. The van der Waals surface area contributed by atoms with E-state index in [0.29, 0.717) is 20.4 Å². The monoisotopic (exact) mass is 360 g/mol. The Hall–Kier alpha value is -0.780. The molecule has 6 heteroatoms. The first-order valence-corrected chi connectivity index (χ1v) is 7.22. The van der Waals surface area contributed by atoms with E-state index in [-0.39, 0.29) is 10.9 Å². The highest BCUT2D eigenvalue weighted by atomic mass is 79.9. The molecule has 0 aliphatic carbocycles. The fraction of sp³-hybridized carbons (Fsp3) is 0.231. The highest BCUT2D eigenvalue weighted by molar-refractivity contribution is 9.10. The quantitative estimate of drug-likeness (QED) is 0.566. The normalized spacial score (nSPS) is 11.1. The van der Waals surface area contributed by atoms with Crippen molar-refractivity contribution in [2.45, 2.75) is 19.8 Å². The molecule has 19 heavy (non-hydrogen) atoms. The van der Waals surface area contributed by atoms with Gasteiger partial charge in [0, 0.05) is 15.6 Å². The number of benzene rings is 1. The molecular formula is C13H11BrClFN2S. The van der Waals surface area contributed by atoms with Crippen LogP contribution in [0.25, 0.3) is 11.3 Å². The van der Waals surface area contributed by atoms with Crippen molar-refractivity contribution >= 4 is 39.7 Å². The molecule has 2 aromatic rings. The number of aromatic amines is 1. The van der Waals surface area contributed by atoms with Crippen LogP contribution in [0.15, 0.2) is 22.9 Å². The van der Waals surface area contributed by atoms with Gasteiger partial charge in [0.25, 0.3) is 0 Å². The van der Waals surface area contributed by atoms with Crippen LogP contribution in [0.3, 0.4) is 0 Å². The van der Waals surface area contributed by atoms with Crippen molar-refractivity contribution in [3.05, 3.63) is 44.0 Å². The van der Waals surface area contributed by atoms with Crippen LogP contribution in [-0.2, 0) is 0 Å². The van der Waals surface area contributed by atoms with Crippen LogP contribution in [0.2, 0.25) is 5.02 Å². The fourth-order valence-electron chi connectivity index (χ4n) is 1.89. The molecule has 1 aromatic heterocycles. The Morgan fingerprint density at radius 3 is 2.74 bits per heavy atom. The average Bonchev–Trinajstić information content (AvgIpc) is 2.35. The summed E-state index contributed by atoms with van der Waals surface area (Å²) < 4.78 is 15.3. The molecule has 0 aliphatic rings. The number of rotatable bonds is 2. The molecule has 100 valence electrons. The third-order valence-corrected chi connectivity index (χ3v) is 4.36. The van der Waals surface area contributed by atoms with E-state index in [1.165, 1.54) is 6.33 Å². The largest absolute Gasteiger partial charge is 0.345 e. The maximum atomic E-state index is 14.3. The number of aromatic nitrogens is 2. The third-order valence-electron chi connectivity index (χ3n) is 2.77. The molecule has 0 amide bonds. The zero-order valence-corrected chi connectivity index (χ0v) is 13.5. The number of hydrogen-bond donors (Lipinski definition) is 1. The lowest BCUT2D eigenvalue weighted by atomic mass is 9.98. The van der Waals surface area contributed by atoms with Crippen molar-refractivity contribution in [2.24, 2.45) is 0 Å². The molecule has 0 saturated carbocycles. The van der Waals surface area contributed by atoms with E-state index in [9.17, 15) is 4.39 Å². The Kier molecular flexibility index (Phi) is 4.38. The number of H-pyrrole nitrogens is 1. The van der Waals surface area contributed by atoms with E-state index >= 15 is 0 Å². The molecule has 0 bridgehead atoms. The predicted molar refractivity (Wildman–Crippen MR) is 81.6 cm³/mol. The summed E-state index contributed by atoms with van der Waals surface area (Å²) in [4.78, 5) is 7.02. The van der Waals surface area contributed by atoms with Crippen LogP contribution in [0.5, 0.6) is 0 Å². The van der Waals surface area contributed by atoms with Crippen molar-refractivity contribution in [1.82, 2.24) is 9.97 Å². The highest BCUT2D eigenvalue weighted by Gasteiger charge is 2.17. The van der Waals surface area contributed by atoms with Gasteiger partial charge in [-0.1, -0.05) is 37.7 Å². The molecule has 0 unspecified atom stereocenters. The van der Waals surface area contributed by atoms with Gasteiger partial charge in [0.05, 0.1) is 17.0 Å². The first-order valence-electron chi connectivity index (χ1n) is 5.65. The van der Waals surface area contributed by atoms with E-state index in [2.05, 4.69) is 25.9 Å². The molecule has 0 aliphatic heterocycles. The van der Waals surface area contributed by atoms with E-state index in [0.717, 1.165) is 5.56 Å². The maximum Gasteiger partial charge on any atom is 0.152 e. The molecule has 0 saturated heterocycles. The minimum absolute atomic E-state index is 0.0586. The van der Waals surface area contributed by atoms with E-state index in [1.807, 2.05) is 13.8 Å². The highest BCUT2D eigenvalue weighted by Crippen LogP contribution is 2.35. The van der Waals surface area contributed by atoms with Crippen LogP contribution in [-0.4, -0.2) is 9.97 Å². The predicted octanol–water partition coefficient (Wildman–Crippen LogP) is 5.48. The van der Waals surface area contributed by atoms with E-state index in [1.54, 1.807) is 12.1 Å². The van der Waals surface area contributed by atoms with Gasteiger partial charge in [0.2, 0.25) is 0 Å². The van der Waals surface area contributed by atoms with Gasteiger partial charge < -0.3 is 4.98 Å². The molecule has 0 radical (unpaired) electrons. The van der Waals surface area contributed by atoms with Gasteiger partial charge in [0.15, 0.2) is 5.82 Å². The first kappa shape index (κ1) is 14.6. The molecule has 1 heterocycles. The number of nitrogens with one attached hydrogen (secondary N) is 1. The van der Waals surface area contributed by atoms with Crippen LogP contribution in [0, 0.1) is 10.5 Å². The Balaban J connectivity index is 2.77. The number of hydrogen-bond acceptors (Lipinski definition) is 2. The second-order valence-electron chi connectivity index (χ2n) is 4.37. The molecule has 2 rings (SSSR count). The lowest BCUT2D eigenvalue weighted by Crippen LogP contribution is -2.00. The number of halogens is 3. The lowest BCUT2D eigenvalue weighted by molar-refractivity contribution is 0.629. The van der Waals surface area contributed by atoms with Gasteiger partial charge in [-0.2, -0.15) is 0 Å². The smallest absolute Gasteiger partial charge is 0.152 e. The van der Waals surface area contributed by atoms with Crippen molar-refractivity contribution < 1.29 is 4.39 Å². The van der Waals surface area contributed by atoms with Crippen LogP contribution in [0.4, 0.5) is 4.39 Å². The van der Waals surface area contributed by atoms with Gasteiger partial charge in [-0.3, -0.25) is 0 Å². The molecule has 0 spiro atoms. The summed E-state index contributed by atoms with van der Waals surface area (Å²) in [5.41, 5.74) is 1.84. The summed E-state index contributed by atoms with van der Waals surface area (Å²) in [5, 5.41) is 0.0586. The Morgan fingerprint density at radius 1 is 1.42 bits per heavy atom. The van der Waals surface area contributed by atoms with Crippen molar-refractivity contribution in [3.63, 3.8) is 0 Å². The van der Waals surface area contributed by atoms with Crippen LogP contribution >= 0.6 is 39.7 Å². The van der Waals surface area contributed by atoms with Gasteiger partial charge in [-0.05, 0) is 34.0 Å². The van der Waals surface area contributed by atoms with Gasteiger partial charge >= 0.3 is 0 Å². The SMILES string of the molecule is CC(C)c1c(-c2ccc(Br)c(Cl)c2F)[nH]cnc1=S. The van der Waals surface area contributed by atoms with Gasteiger partial charge in [-0.25, -0.2) is 9.37 Å². The summed E-state index contributed by atoms with van der Waals surface area (Å²) in [5.74, 6) is -0.343. The minimum Gasteiger partial charge on any atom is -0.345 e. The molecule has 1 aromatic carbocycles. The van der Waals surface area contributed by atoms with Crippen molar-refractivity contribution in [3.8, 4) is 11.3 Å². The summed E-state index contributed by atoms with van der Waals surface area (Å²) in [6, 6.07) is 3.37. The van der Waals surface area contributed by atoms with E-state index in [4.69, 9.17) is 23.8 Å². The van der Waals surface area contributed by atoms with E-state index < -0.39 is 5.82 Å². The minimum atomic E-state index is -0.477. The molecule has 0 fully saturated rings. The Labute approximate surface area is 129 Å². The second kappa shape index (κ2) is 5.69. The van der Waals surface area contributed by atoms with Crippen LogP contribution in [0.1, 0.15) is 25.3 Å². The molecule has 1 N–H and O–H groups in total. The first-order chi connectivity index (χ1) is 8.93. The standard InChI is InChI=1S/C13H11BrClFN2S/c1-6(2)9-12(17-5-18-13(9)19)7-3-4-8(14)10(15)11(7)16/h3-6H,1-2H3,(H,17,18,19). The fourth-order valence-corrected chi connectivity index (χ4v) is 2.75. The topological polar surface area (TPSA) is 28.7 Å². The summed E-state index contributed by atoms with van der Waals surface area (Å²) >= 11 is 14.3.